The zero-order valence-corrected chi connectivity index (χ0v) is 16.2. The molecule has 1 aliphatic heterocycles. The number of thioether (sulfide) groups is 1. The summed E-state index contributed by atoms with van der Waals surface area (Å²) < 4.78 is 44.5. The number of nitrogens with zero attached hydrogens (tertiary/aromatic N) is 3. The lowest BCUT2D eigenvalue weighted by molar-refractivity contribution is -0.137. The average Bonchev–Trinajstić information content (AvgIpc) is 3.35. The van der Waals surface area contributed by atoms with Gasteiger partial charge in [0.2, 0.25) is 5.91 Å². The van der Waals surface area contributed by atoms with Crippen LogP contribution in [0.25, 0.3) is 10.7 Å². The van der Waals surface area contributed by atoms with E-state index < -0.39 is 23.9 Å². The van der Waals surface area contributed by atoms with Crippen LogP contribution < -0.4 is 5.32 Å². The third-order valence-electron chi connectivity index (χ3n) is 3.98. The van der Waals surface area contributed by atoms with Gasteiger partial charge in [-0.2, -0.15) is 13.2 Å². The van der Waals surface area contributed by atoms with Crippen LogP contribution in [0.1, 0.15) is 19.8 Å². The van der Waals surface area contributed by atoms with E-state index in [1.807, 2.05) is 27.4 Å². The van der Waals surface area contributed by atoms with Gasteiger partial charge in [0.05, 0.1) is 22.8 Å². The highest BCUT2D eigenvalue weighted by Gasteiger charge is 2.30. The van der Waals surface area contributed by atoms with Gasteiger partial charge in [0, 0.05) is 6.61 Å². The second-order valence-electron chi connectivity index (χ2n) is 6.12. The first kappa shape index (κ1) is 20.2. The van der Waals surface area contributed by atoms with Gasteiger partial charge < -0.3 is 10.1 Å². The van der Waals surface area contributed by atoms with Gasteiger partial charge in [-0.25, -0.2) is 0 Å². The summed E-state index contributed by atoms with van der Waals surface area (Å²) in [6.07, 6.45) is -2.49. The van der Waals surface area contributed by atoms with Crippen LogP contribution in [0.2, 0.25) is 0 Å². The van der Waals surface area contributed by atoms with E-state index in [0.717, 1.165) is 29.5 Å². The Morgan fingerprint density at radius 2 is 2.33 bits per heavy atom. The standard InChI is InChI=1S/C16H19F3N4O2S2/c1-10(14(24)20-9-16(17,18)19)27-15-22-21-13(12-5-3-7-26-12)23(15)8-11-4-2-6-25-11/h3,5,7,10-11H,2,4,6,8-9H2,1H3,(H,20,24). The van der Waals surface area contributed by atoms with Crippen molar-refractivity contribution < 1.29 is 22.7 Å². The third kappa shape index (κ3) is 5.45. The first-order valence-electron chi connectivity index (χ1n) is 8.43. The smallest absolute Gasteiger partial charge is 0.376 e. The quantitative estimate of drug-likeness (QED) is 0.696. The second kappa shape index (κ2) is 8.61. The van der Waals surface area contributed by atoms with Crippen LogP contribution in [0.5, 0.6) is 0 Å². The summed E-state index contributed by atoms with van der Waals surface area (Å²) in [6.45, 7) is 1.45. The molecule has 0 aromatic carbocycles. The molecule has 0 aliphatic carbocycles. The minimum absolute atomic E-state index is 0.0356. The highest BCUT2D eigenvalue weighted by Crippen LogP contribution is 2.30. The van der Waals surface area contributed by atoms with Gasteiger partial charge in [0.1, 0.15) is 6.54 Å². The van der Waals surface area contributed by atoms with Gasteiger partial charge in [-0.3, -0.25) is 9.36 Å². The second-order valence-corrected chi connectivity index (χ2v) is 8.38. The summed E-state index contributed by atoms with van der Waals surface area (Å²) in [5.74, 6) is -0.0208. The molecule has 2 unspecified atom stereocenters. The summed E-state index contributed by atoms with van der Waals surface area (Å²) >= 11 is 2.61. The van der Waals surface area contributed by atoms with Crippen molar-refractivity contribution in [1.82, 2.24) is 20.1 Å². The molecule has 27 heavy (non-hydrogen) atoms. The molecule has 1 N–H and O–H groups in total. The molecule has 0 spiro atoms. The lowest BCUT2D eigenvalue weighted by Gasteiger charge is -2.16. The zero-order valence-electron chi connectivity index (χ0n) is 14.5. The fourth-order valence-electron chi connectivity index (χ4n) is 2.66. The Morgan fingerprint density at radius 1 is 1.52 bits per heavy atom. The molecule has 6 nitrogen and oxygen atoms in total. The third-order valence-corrected chi connectivity index (χ3v) is 5.93. The number of amides is 1. The normalized spacial score (nSPS) is 18.6. The van der Waals surface area contributed by atoms with Crippen molar-refractivity contribution in [2.24, 2.45) is 0 Å². The number of hydrogen-bond acceptors (Lipinski definition) is 6. The van der Waals surface area contributed by atoms with E-state index in [2.05, 4.69) is 10.2 Å². The molecule has 0 radical (unpaired) electrons. The summed E-state index contributed by atoms with van der Waals surface area (Å²) in [5.41, 5.74) is 0. The average molecular weight is 420 g/mol. The number of halogens is 3. The lowest BCUT2D eigenvalue weighted by Crippen LogP contribution is -2.38. The Bertz CT molecular complexity index is 758. The Morgan fingerprint density at radius 3 is 2.96 bits per heavy atom. The Labute approximate surface area is 162 Å². The lowest BCUT2D eigenvalue weighted by atomic mass is 10.2. The van der Waals surface area contributed by atoms with E-state index in [4.69, 9.17) is 4.74 Å². The Hall–Kier alpha value is -1.59. The first-order chi connectivity index (χ1) is 12.8. The van der Waals surface area contributed by atoms with E-state index >= 15 is 0 Å². The van der Waals surface area contributed by atoms with Crippen LogP contribution in [0.4, 0.5) is 13.2 Å². The molecule has 1 fully saturated rings. The molecular weight excluding hydrogens is 401 g/mol. The predicted molar refractivity (Wildman–Crippen MR) is 96.7 cm³/mol. The highest BCUT2D eigenvalue weighted by atomic mass is 32.2. The van der Waals surface area contributed by atoms with E-state index in [0.29, 0.717) is 24.1 Å². The van der Waals surface area contributed by atoms with Gasteiger partial charge in [-0.05, 0) is 31.2 Å². The fourth-order valence-corrected chi connectivity index (χ4v) is 4.26. The number of carbonyl (C=O) groups excluding carboxylic acids is 1. The van der Waals surface area contributed by atoms with Crippen LogP contribution in [-0.4, -0.2) is 51.4 Å². The summed E-state index contributed by atoms with van der Waals surface area (Å²) in [4.78, 5) is 12.9. The summed E-state index contributed by atoms with van der Waals surface area (Å²) in [5, 5.41) is 12.0. The molecule has 2 aromatic rings. The SMILES string of the molecule is CC(Sc1nnc(-c2cccs2)n1CC1CCCO1)C(=O)NCC(F)(F)F. The molecule has 0 saturated carbocycles. The molecule has 1 aliphatic rings. The minimum Gasteiger partial charge on any atom is -0.376 e. The van der Waals surface area contributed by atoms with Gasteiger partial charge >= 0.3 is 6.18 Å². The maximum atomic E-state index is 12.3. The molecular formula is C16H19F3N4O2S2. The minimum atomic E-state index is -4.44. The highest BCUT2D eigenvalue weighted by molar-refractivity contribution is 8.00. The van der Waals surface area contributed by atoms with Crippen molar-refractivity contribution in [3.8, 4) is 10.7 Å². The maximum absolute atomic E-state index is 12.3. The summed E-state index contributed by atoms with van der Waals surface area (Å²) in [6, 6.07) is 3.83. The van der Waals surface area contributed by atoms with Crippen LogP contribution in [-0.2, 0) is 16.1 Å². The van der Waals surface area contributed by atoms with E-state index in [9.17, 15) is 18.0 Å². The number of alkyl halides is 3. The summed E-state index contributed by atoms with van der Waals surface area (Å²) in [7, 11) is 0. The van der Waals surface area contributed by atoms with Crippen molar-refractivity contribution in [3.05, 3.63) is 17.5 Å². The molecule has 3 heterocycles. The molecule has 1 amide bonds. The van der Waals surface area contributed by atoms with Crippen LogP contribution in [0.3, 0.4) is 0 Å². The Balaban J connectivity index is 1.74. The Kier molecular flexibility index (Phi) is 6.43. The molecule has 148 valence electrons. The van der Waals surface area contributed by atoms with Crippen molar-refractivity contribution in [3.63, 3.8) is 0 Å². The van der Waals surface area contributed by atoms with Gasteiger partial charge in [0.25, 0.3) is 0 Å². The van der Waals surface area contributed by atoms with Crippen LogP contribution in [0, 0.1) is 0 Å². The van der Waals surface area contributed by atoms with Gasteiger partial charge in [0.15, 0.2) is 11.0 Å². The number of nitrogens with one attached hydrogen (secondary N) is 1. The van der Waals surface area contributed by atoms with Crippen molar-refractivity contribution >= 4 is 29.0 Å². The largest absolute Gasteiger partial charge is 0.405 e. The van der Waals surface area contributed by atoms with Gasteiger partial charge in [-0.15, -0.1) is 21.5 Å². The topological polar surface area (TPSA) is 69.0 Å². The van der Waals surface area contributed by atoms with Crippen molar-refractivity contribution in [1.29, 1.82) is 0 Å². The maximum Gasteiger partial charge on any atom is 0.405 e. The molecule has 0 bridgehead atoms. The number of aromatic nitrogens is 3. The van der Waals surface area contributed by atoms with Gasteiger partial charge in [-0.1, -0.05) is 17.8 Å². The number of hydrogen-bond donors (Lipinski definition) is 1. The zero-order chi connectivity index (χ0) is 19.4. The number of ether oxygens (including phenoxy) is 1. The molecule has 2 aromatic heterocycles. The van der Waals surface area contributed by atoms with E-state index in [-0.39, 0.29) is 6.10 Å². The van der Waals surface area contributed by atoms with Crippen LogP contribution >= 0.6 is 23.1 Å². The number of rotatable bonds is 7. The van der Waals surface area contributed by atoms with Crippen LogP contribution in [0.15, 0.2) is 22.7 Å². The number of thiophene rings is 1. The molecule has 2 atom stereocenters. The number of carbonyl (C=O) groups is 1. The van der Waals surface area contributed by atoms with Crippen molar-refractivity contribution in [2.45, 2.75) is 49.0 Å². The molecule has 1 saturated heterocycles. The molecule has 3 rings (SSSR count). The first-order valence-corrected chi connectivity index (χ1v) is 10.2. The van der Waals surface area contributed by atoms with Crippen molar-refractivity contribution in [2.75, 3.05) is 13.2 Å². The predicted octanol–water partition coefficient (Wildman–Crippen LogP) is 3.34. The van der Waals surface area contributed by atoms with E-state index in [1.54, 1.807) is 6.92 Å². The monoisotopic (exact) mass is 420 g/mol. The molecule has 11 heteroatoms. The van der Waals surface area contributed by atoms with E-state index in [1.165, 1.54) is 11.3 Å². The fraction of sp³-hybridized carbons (Fsp3) is 0.562.